The zero-order valence-corrected chi connectivity index (χ0v) is 23.0. The van der Waals surface area contributed by atoms with Crippen molar-refractivity contribution in [3.8, 4) is 5.75 Å². The fourth-order valence-corrected chi connectivity index (χ4v) is 6.37. The first-order valence-corrected chi connectivity index (χ1v) is 14.2. The number of piperidine rings is 1. The number of aromatic nitrogens is 2. The number of aliphatic imine (C=N–C) groups is 2. The molecule has 0 radical (unpaired) electrons. The molecule has 11 heteroatoms. The van der Waals surface area contributed by atoms with Gasteiger partial charge in [0.15, 0.2) is 11.9 Å². The molecule has 11 nitrogen and oxygen atoms in total. The lowest BCUT2D eigenvalue weighted by atomic mass is 9.77. The summed E-state index contributed by atoms with van der Waals surface area (Å²) in [5.41, 5.74) is 9.42. The highest BCUT2D eigenvalue weighted by Gasteiger charge is 2.42. The molecular weight excluding hydrogens is 498 g/mol. The fraction of sp³-hybridized carbons (Fsp3) is 0.679. The van der Waals surface area contributed by atoms with Crippen molar-refractivity contribution in [2.75, 3.05) is 59.7 Å². The van der Waals surface area contributed by atoms with E-state index in [2.05, 4.69) is 39.9 Å². The van der Waals surface area contributed by atoms with Gasteiger partial charge in [-0.15, -0.1) is 0 Å². The number of likely N-dealkylation sites (tertiary alicyclic amines) is 1. The Morgan fingerprint density at radius 1 is 1.13 bits per heavy atom. The number of nitrogens with two attached hydrogens (primary N) is 1. The van der Waals surface area contributed by atoms with E-state index in [4.69, 9.17) is 24.9 Å². The standard InChI is InChI=1S/C28H41N7O4/c1-19-13-20(14-23(28(36)5-10-38-18-28)25(19)34-8-11-37-12-9-34)24-16-30-26(29)27(32-24)39-22-15-31-35(17-22)21-3-6-33(2)7-4-21/h13,15-17,20-21,26-27,36H,3-12,14,18,29H2,1-2H3/t20?,26?,27?,28-/m1/s1. The number of nitrogens with zero attached hydrogens (tertiary/aromatic N) is 6. The van der Waals surface area contributed by atoms with Crippen molar-refractivity contribution in [1.82, 2.24) is 19.6 Å². The van der Waals surface area contributed by atoms with Crippen molar-refractivity contribution in [3.63, 3.8) is 0 Å². The maximum atomic E-state index is 11.7. The highest BCUT2D eigenvalue weighted by molar-refractivity contribution is 6.32. The predicted octanol–water partition coefficient (Wildman–Crippen LogP) is 1.37. The first-order chi connectivity index (χ1) is 18.9. The first kappa shape index (κ1) is 26.6. The van der Waals surface area contributed by atoms with Gasteiger partial charge >= 0.3 is 0 Å². The molecule has 39 heavy (non-hydrogen) atoms. The summed E-state index contributed by atoms with van der Waals surface area (Å²) in [6, 6.07) is 0.377. The maximum absolute atomic E-state index is 11.7. The van der Waals surface area contributed by atoms with Gasteiger partial charge in [-0.3, -0.25) is 9.67 Å². The molecule has 0 spiro atoms. The molecule has 6 rings (SSSR count). The van der Waals surface area contributed by atoms with Gasteiger partial charge in [0.25, 0.3) is 0 Å². The van der Waals surface area contributed by atoms with Crippen LogP contribution in [0, 0.1) is 5.92 Å². The largest absolute Gasteiger partial charge is 0.462 e. The molecule has 5 heterocycles. The summed E-state index contributed by atoms with van der Waals surface area (Å²) < 4.78 is 19.5. The topological polar surface area (TPSA) is 123 Å². The van der Waals surface area contributed by atoms with Crippen LogP contribution in [-0.2, 0) is 9.47 Å². The molecule has 3 saturated heterocycles. The summed E-state index contributed by atoms with van der Waals surface area (Å²) in [6.45, 7) is 8.12. The van der Waals surface area contributed by atoms with Crippen LogP contribution >= 0.6 is 0 Å². The van der Waals surface area contributed by atoms with Gasteiger partial charge in [0.2, 0.25) is 6.23 Å². The minimum Gasteiger partial charge on any atom is -0.462 e. The van der Waals surface area contributed by atoms with Gasteiger partial charge in [-0.2, -0.15) is 5.10 Å². The fourth-order valence-electron chi connectivity index (χ4n) is 6.37. The number of hydrogen-bond donors (Lipinski definition) is 2. The Bertz CT molecular complexity index is 1150. The van der Waals surface area contributed by atoms with E-state index in [9.17, 15) is 5.11 Å². The lowest BCUT2D eigenvalue weighted by Crippen LogP contribution is -2.44. The number of rotatable bonds is 6. The van der Waals surface area contributed by atoms with Crippen molar-refractivity contribution in [1.29, 1.82) is 0 Å². The van der Waals surface area contributed by atoms with Crippen LogP contribution in [0.25, 0.3) is 0 Å². The molecule has 4 atom stereocenters. The Kier molecular flexibility index (Phi) is 7.60. The van der Waals surface area contributed by atoms with Crippen molar-refractivity contribution in [3.05, 3.63) is 35.3 Å². The third-order valence-corrected chi connectivity index (χ3v) is 8.65. The molecule has 5 aliphatic rings. The van der Waals surface area contributed by atoms with Crippen molar-refractivity contribution < 1.29 is 19.3 Å². The van der Waals surface area contributed by atoms with E-state index in [1.807, 2.05) is 10.9 Å². The van der Waals surface area contributed by atoms with E-state index >= 15 is 0 Å². The van der Waals surface area contributed by atoms with Crippen LogP contribution in [0.2, 0.25) is 0 Å². The average Bonchev–Trinajstić information content (AvgIpc) is 3.60. The normalized spacial score (nSPS) is 32.9. The van der Waals surface area contributed by atoms with Crippen LogP contribution < -0.4 is 10.5 Å². The molecule has 3 N–H and O–H groups in total. The molecule has 1 aromatic rings. The minimum absolute atomic E-state index is 0.0429. The van der Waals surface area contributed by atoms with Gasteiger partial charge < -0.3 is 34.9 Å². The van der Waals surface area contributed by atoms with E-state index in [1.54, 1.807) is 12.4 Å². The lowest BCUT2D eigenvalue weighted by Gasteiger charge is -2.40. The molecule has 0 amide bonds. The Morgan fingerprint density at radius 3 is 2.67 bits per heavy atom. The van der Waals surface area contributed by atoms with Crippen LogP contribution in [0.3, 0.4) is 0 Å². The van der Waals surface area contributed by atoms with E-state index in [0.717, 1.165) is 61.6 Å². The number of hydrogen-bond acceptors (Lipinski definition) is 10. The van der Waals surface area contributed by atoms with E-state index < -0.39 is 18.0 Å². The van der Waals surface area contributed by atoms with Crippen LogP contribution in [-0.4, -0.2) is 114 Å². The average molecular weight is 540 g/mol. The summed E-state index contributed by atoms with van der Waals surface area (Å²) >= 11 is 0. The summed E-state index contributed by atoms with van der Waals surface area (Å²) in [7, 11) is 2.15. The SMILES string of the molecule is CC1=CC(C2=NC(Oc3cnn(C4CCN(C)CC4)c3)C(N)N=C2)CC([C@@]2(O)CCOC2)=C1N1CCOCC1. The molecular formula is C28H41N7O4. The van der Waals surface area contributed by atoms with E-state index in [1.165, 1.54) is 0 Å². The van der Waals surface area contributed by atoms with Crippen LogP contribution in [0.5, 0.6) is 5.75 Å². The monoisotopic (exact) mass is 539 g/mol. The summed E-state index contributed by atoms with van der Waals surface area (Å²) in [4.78, 5) is 14.2. The predicted molar refractivity (Wildman–Crippen MR) is 148 cm³/mol. The molecule has 1 aliphatic carbocycles. The number of allylic oxidation sites excluding steroid dienone is 2. The van der Waals surface area contributed by atoms with E-state index in [0.29, 0.717) is 51.1 Å². The highest BCUT2D eigenvalue weighted by Crippen LogP contribution is 2.41. The van der Waals surface area contributed by atoms with Crippen LogP contribution in [0.1, 0.15) is 38.6 Å². The minimum atomic E-state index is -0.984. The molecule has 0 bridgehead atoms. The Balaban J connectivity index is 1.21. The Labute approximate surface area is 230 Å². The second-order valence-electron chi connectivity index (χ2n) is 11.4. The van der Waals surface area contributed by atoms with Gasteiger partial charge in [-0.05, 0) is 57.5 Å². The van der Waals surface area contributed by atoms with Crippen molar-refractivity contribution in [2.45, 2.75) is 56.6 Å². The van der Waals surface area contributed by atoms with Gasteiger partial charge in [0.1, 0.15) is 5.60 Å². The highest BCUT2D eigenvalue weighted by atomic mass is 16.5. The van der Waals surface area contributed by atoms with Gasteiger partial charge in [-0.1, -0.05) is 6.08 Å². The Hall–Kier alpha value is -2.57. The Morgan fingerprint density at radius 2 is 1.92 bits per heavy atom. The van der Waals surface area contributed by atoms with E-state index in [-0.39, 0.29) is 5.92 Å². The van der Waals surface area contributed by atoms with Crippen LogP contribution in [0.4, 0.5) is 0 Å². The third-order valence-electron chi connectivity index (χ3n) is 8.65. The maximum Gasteiger partial charge on any atom is 0.225 e. The molecule has 0 aromatic carbocycles. The second kappa shape index (κ2) is 11.1. The van der Waals surface area contributed by atoms with Gasteiger partial charge in [-0.25, -0.2) is 4.99 Å². The molecule has 0 saturated carbocycles. The zero-order chi connectivity index (χ0) is 27.0. The summed E-state index contributed by atoms with van der Waals surface area (Å²) in [5.74, 6) is 0.608. The number of aliphatic hydroxyl groups is 1. The van der Waals surface area contributed by atoms with Gasteiger partial charge in [0, 0.05) is 43.9 Å². The molecule has 3 unspecified atom stereocenters. The molecule has 1 aromatic heterocycles. The first-order valence-electron chi connectivity index (χ1n) is 14.2. The summed E-state index contributed by atoms with van der Waals surface area (Å²) in [5, 5.41) is 16.2. The number of ether oxygens (including phenoxy) is 3. The summed E-state index contributed by atoms with van der Waals surface area (Å²) in [6.07, 6.45) is 9.85. The van der Waals surface area contributed by atoms with Crippen molar-refractivity contribution >= 4 is 11.9 Å². The number of morpholine rings is 1. The smallest absolute Gasteiger partial charge is 0.225 e. The zero-order valence-electron chi connectivity index (χ0n) is 23.0. The quantitative estimate of drug-likeness (QED) is 0.556. The van der Waals surface area contributed by atoms with Crippen molar-refractivity contribution in [2.24, 2.45) is 21.6 Å². The molecule has 212 valence electrons. The molecule has 4 aliphatic heterocycles. The third kappa shape index (κ3) is 5.55. The van der Waals surface area contributed by atoms with Gasteiger partial charge in [0.05, 0.1) is 44.0 Å². The second-order valence-corrected chi connectivity index (χ2v) is 11.4. The van der Waals surface area contributed by atoms with Crippen LogP contribution in [0.15, 0.2) is 45.3 Å². The lowest BCUT2D eigenvalue weighted by molar-refractivity contribution is 0.0387. The molecule has 3 fully saturated rings.